The summed E-state index contributed by atoms with van der Waals surface area (Å²) >= 11 is 1.38. The number of carbonyl (C=O) groups is 2. The van der Waals surface area contributed by atoms with E-state index in [2.05, 4.69) is 12.2 Å². The van der Waals surface area contributed by atoms with Gasteiger partial charge >= 0.3 is 5.97 Å². The summed E-state index contributed by atoms with van der Waals surface area (Å²) in [6, 6.07) is 10.5. The van der Waals surface area contributed by atoms with Crippen LogP contribution in [0.4, 0.5) is 5.69 Å². The lowest BCUT2D eigenvalue weighted by atomic mass is 10.1. The van der Waals surface area contributed by atoms with Gasteiger partial charge in [-0.05, 0) is 44.0 Å². The first-order chi connectivity index (χ1) is 12.0. The molecule has 25 heavy (non-hydrogen) atoms. The van der Waals surface area contributed by atoms with Crippen molar-refractivity contribution in [3.63, 3.8) is 0 Å². The highest BCUT2D eigenvalue weighted by Gasteiger charge is 2.21. The fourth-order valence-electron chi connectivity index (χ4n) is 2.33. The van der Waals surface area contributed by atoms with Gasteiger partial charge in [0.15, 0.2) is 6.10 Å². The molecule has 0 fully saturated rings. The van der Waals surface area contributed by atoms with Crippen molar-refractivity contribution in [2.24, 2.45) is 0 Å². The van der Waals surface area contributed by atoms with Crippen LogP contribution in [-0.4, -0.2) is 18.0 Å². The third kappa shape index (κ3) is 4.68. The minimum Gasteiger partial charge on any atom is -0.448 e. The smallest absolute Gasteiger partial charge is 0.349 e. The number of nitrogens with one attached hydrogen (secondary N) is 1. The van der Waals surface area contributed by atoms with E-state index in [0.717, 1.165) is 23.3 Å². The molecule has 2 aromatic rings. The predicted molar refractivity (Wildman–Crippen MR) is 97.7 cm³/mol. The van der Waals surface area contributed by atoms with Crippen LogP contribution in [0.5, 0.6) is 0 Å². The lowest BCUT2D eigenvalue weighted by molar-refractivity contribution is -0.123. The van der Waals surface area contributed by atoms with Crippen molar-refractivity contribution in [2.75, 3.05) is 5.32 Å². The van der Waals surface area contributed by atoms with Crippen LogP contribution in [-0.2, 0) is 16.0 Å². The quantitative estimate of drug-likeness (QED) is 0.792. The van der Waals surface area contributed by atoms with Crippen molar-refractivity contribution < 1.29 is 14.3 Å². The van der Waals surface area contributed by atoms with Gasteiger partial charge in [0.2, 0.25) is 0 Å². The van der Waals surface area contributed by atoms with Crippen molar-refractivity contribution in [3.8, 4) is 6.07 Å². The maximum atomic E-state index is 12.3. The van der Waals surface area contributed by atoms with Gasteiger partial charge in [-0.15, -0.1) is 11.3 Å². The molecule has 1 heterocycles. The fraction of sp³-hybridized carbons (Fsp3) is 0.316. The maximum Gasteiger partial charge on any atom is 0.349 e. The second kappa shape index (κ2) is 8.45. The molecule has 0 aliphatic carbocycles. The number of hydrogen-bond acceptors (Lipinski definition) is 5. The van der Waals surface area contributed by atoms with Gasteiger partial charge in [-0.25, -0.2) is 4.79 Å². The molecule has 1 amide bonds. The third-order valence-corrected chi connectivity index (χ3v) is 4.77. The molecule has 1 N–H and O–H groups in total. The van der Waals surface area contributed by atoms with Gasteiger partial charge < -0.3 is 10.1 Å². The summed E-state index contributed by atoms with van der Waals surface area (Å²) in [7, 11) is 0. The van der Waals surface area contributed by atoms with Crippen LogP contribution >= 0.6 is 11.3 Å². The highest BCUT2D eigenvalue weighted by molar-refractivity contribution is 7.14. The van der Waals surface area contributed by atoms with Gasteiger partial charge in [0.1, 0.15) is 10.9 Å². The van der Waals surface area contributed by atoms with Crippen LogP contribution in [0.15, 0.2) is 30.3 Å². The topological polar surface area (TPSA) is 79.2 Å². The molecule has 0 unspecified atom stereocenters. The Morgan fingerprint density at radius 3 is 2.76 bits per heavy atom. The third-order valence-electron chi connectivity index (χ3n) is 3.70. The summed E-state index contributed by atoms with van der Waals surface area (Å²) < 4.78 is 5.27. The lowest BCUT2D eigenvalue weighted by Gasteiger charge is -2.13. The van der Waals surface area contributed by atoms with Gasteiger partial charge in [0, 0.05) is 4.88 Å². The zero-order valence-electron chi connectivity index (χ0n) is 14.5. The number of benzene rings is 1. The van der Waals surface area contributed by atoms with Crippen molar-refractivity contribution in [2.45, 2.75) is 39.7 Å². The van der Waals surface area contributed by atoms with E-state index in [4.69, 9.17) is 10.00 Å². The molecule has 1 aromatic heterocycles. The fourth-order valence-corrected chi connectivity index (χ4v) is 3.29. The summed E-state index contributed by atoms with van der Waals surface area (Å²) in [6.07, 6.45) is 0.955. The Morgan fingerprint density at radius 1 is 1.36 bits per heavy atom. The molecule has 1 atom stereocenters. The van der Waals surface area contributed by atoms with E-state index in [-0.39, 0.29) is 0 Å². The number of nitrogens with zero attached hydrogens (tertiary/aromatic N) is 1. The van der Waals surface area contributed by atoms with Crippen LogP contribution in [0.25, 0.3) is 0 Å². The number of hydrogen-bond donors (Lipinski definition) is 1. The van der Waals surface area contributed by atoms with Crippen LogP contribution in [0, 0.1) is 18.3 Å². The van der Waals surface area contributed by atoms with Crippen molar-refractivity contribution >= 4 is 28.9 Å². The first kappa shape index (κ1) is 18.7. The minimum atomic E-state index is -0.962. The monoisotopic (exact) mass is 356 g/mol. The second-order valence-corrected chi connectivity index (χ2v) is 6.89. The molecule has 5 nitrogen and oxygen atoms in total. The first-order valence-corrected chi connectivity index (χ1v) is 8.88. The molecule has 0 saturated heterocycles. The van der Waals surface area contributed by atoms with Crippen LogP contribution in [0.3, 0.4) is 0 Å². The van der Waals surface area contributed by atoms with E-state index in [1.165, 1.54) is 18.3 Å². The van der Waals surface area contributed by atoms with Crippen molar-refractivity contribution in [3.05, 3.63) is 51.2 Å². The predicted octanol–water partition coefficient (Wildman–Crippen LogP) is 4.06. The highest BCUT2D eigenvalue weighted by Crippen LogP contribution is 2.24. The molecule has 2 rings (SSSR count). The standard InChI is InChI=1S/C19H20N2O3S/c1-4-7-14-10-17(25-13(14)3)19(23)24-12(2)18(22)21-16-9-6-5-8-15(16)11-20/h5-6,8-10,12H,4,7H2,1-3H3,(H,21,22)/t12-/m1/s1. The SMILES string of the molecule is CCCc1cc(C(=O)O[C@H](C)C(=O)Nc2ccccc2C#N)sc1C. The number of ether oxygens (including phenoxy) is 1. The Labute approximate surface area is 151 Å². The summed E-state index contributed by atoms with van der Waals surface area (Å²) in [5.74, 6) is -0.982. The largest absolute Gasteiger partial charge is 0.448 e. The molecule has 0 spiro atoms. The Hall–Kier alpha value is -2.65. The summed E-state index contributed by atoms with van der Waals surface area (Å²) in [4.78, 5) is 26.1. The van der Waals surface area contributed by atoms with Gasteiger partial charge in [0.05, 0.1) is 11.3 Å². The van der Waals surface area contributed by atoms with Crippen LogP contribution in [0.2, 0.25) is 0 Å². The van der Waals surface area contributed by atoms with Crippen molar-refractivity contribution in [1.82, 2.24) is 0 Å². The second-order valence-electron chi connectivity index (χ2n) is 5.64. The van der Waals surface area contributed by atoms with Gasteiger partial charge in [-0.2, -0.15) is 5.26 Å². The number of aryl methyl sites for hydroxylation is 2. The minimum absolute atomic E-state index is 0.354. The molecule has 6 heteroatoms. The van der Waals surface area contributed by atoms with E-state index in [1.807, 2.05) is 19.1 Å². The number of rotatable bonds is 6. The average molecular weight is 356 g/mol. The van der Waals surface area contributed by atoms with Gasteiger partial charge in [-0.3, -0.25) is 4.79 Å². The van der Waals surface area contributed by atoms with E-state index in [0.29, 0.717) is 16.1 Å². The van der Waals surface area contributed by atoms with Crippen molar-refractivity contribution in [1.29, 1.82) is 5.26 Å². The molecule has 0 aliphatic rings. The molecule has 0 aliphatic heterocycles. The lowest BCUT2D eigenvalue weighted by Crippen LogP contribution is -2.30. The number of carbonyl (C=O) groups excluding carboxylic acids is 2. The normalized spacial score (nSPS) is 11.4. The molecule has 0 saturated carbocycles. The molecule has 130 valence electrons. The number of anilines is 1. The number of para-hydroxylation sites is 1. The average Bonchev–Trinajstić information content (AvgIpc) is 2.96. The maximum absolute atomic E-state index is 12.3. The molecular weight excluding hydrogens is 336 g/mol. The Bertz CT molecular complexity index is 820. The number of esters is 1. The molecular formula is C19H20N2O3S. The first-order valence-electron chi connectivity index (χ1n) is 8.06. The zero-order valence-corrected chi connectivity index (χ0v) is 15.3. The van der Waals surface area contributed by atoms with Crippen LogP contribution < -0.4 is 5.32 Å². The van der Waals surface area contributed by atoms with E-state index >= 15 is 0 Å². The molecule has 0 radical (unpaired) electrons. The van der Waals surface area contributed by atoms with E-state index in [9.17, 15) is 9.59 Å². The molecule has 0 bridgehead atoms. The summed E-state index contributed by atoms with van der Waals surface area (Å²) in [5.41, 5.74) is 1.89. The van der Waals surface area contributed by atoms with Gasteiger partial charge in [0.25, 0.3) is 5.91 Å². The van der Waals surface area contributed by atoms with E-state index in [1.54, 1.807) is 24.3 Å². The Kier molecular flexibility index (Phi) is 6.31. The van der Waals surface area contributed by atoms with Crippen LogP contribution in [0.1, 0.15) is 45.9 Å². The van der Waals surface area contributed by atoms with E-state index < -0.39 is 18.0 Å². The Balaban J connectivity index is 2.02. The number of thiophene rings is 1. The summed E-state index contributed by atoms with van der Waals surface area (Å²) in [5, 5.41) is 11.7. The molecule has 1 aromatic carbocycles. The Morgan fingerprint density at radius 2 is 2.08 bits per heavy atom. The number of nitriles is 1. The summed E-state index contributed by atoms with van der Waals surface area (Å²) in [6.45, 7) is 5.57. The number of amides is 1. The highest BCUT2D eigenvalue weighted by atomic mass is 32.1. The van der Waals surface area contributed by atoms with Gasteiger partial charge in [-0.1, -0.05) is 25.5 Å². The zero-order chi connectivity index (χ0) is 18.4.